The van der Waals surface area contributed by atoms with Crippen molar-refractivity contribution in [3.05, 3.63) is 29.8 Å². The van der Waals surface area contributed by atoms with Crippen LogP contribution in [0, 0.1) is 5.92 Å². The van der Waals surface area contributed by atoms with Crippen molar-refractivity contribution in [1.29, 1.82) is 0 Å². The fourth-order valence-electron chi connectivity index (χ4n) is 2.07. The molecule has 98 valence electrons. The molecule has 1 aliphatic heterocycles. The predicted molar refractivity (Wildman–Crippen MR) is 68.9 cm³/mol. The van der Waals surface area contributed by atoms with Crippen LogP contribution in [0.1, 0.15) is 23.2 Å². The van der Waals surface area contributed by atoms with Crippen molar-refractivity contribution in [3.63, 3.8) is 0 Å². The molecular weight excluding hydrogens is 230 g/mol. The van der Waals surface area contributed by atoms with Crippen LogP contribution in [-0.2, 0) is 4.74 Å². The van der Waals surface area contributed by atoms with Gasteiger partial charge in [0.1, 0.15) is 5.75 Å². The van der Waals surface area contributed by atoms with Crippen LogP contribution in [0.15, 0.2) is 24.3 Å². The summed E-state index contributed by atoms with van der Waals surface area (Å²) in [7, 11) is 1.60. The van der Waals surface area contributed by atoms with E-state index in [0.717, 1.165) is 31.7 Å². The van der Waals surface area contributed by atoms with Gasteiger partial charge in [-0.1, -0.05) is 0 Å². The highest BCUT2D eigenvalue weighted by molar-refractivity contribution is 5.89. The van der Waals surface area contributed by atoms with E-state index in [9.17, 15) is 4.79 Å². The number of carbonyl (C=O) groups is 1. The first-order valence-electron chi connectivity index (χ1n) is 6.31. The van der Waals surface area contributed by atoms with Crippen LogP contribution in [0.5, 0.6) is 5.75 Å². The Hall–Kier alpha value is -1.55. The summed E-state index contributed by atoms with van der Waals surface area (Å²) >= 11 is 0. The molecule has 0 aromatic heterocycles. The van der Waals surface area contributed by atoms with E-state index in [4.69, 9.17) is 9.47 Å². The lowest BCUT2D eigenvalue weighted by Crippen LogP contribution is -2.32. The van der Waals surface area contributed by atoms with Crippen molar-refractivity contribution in [2.45, 2.75) is 12.8 Å². The van der Waals surface area contributed by atoms with Crippen molar-refractivity contribution in [2.75, 3.05) is 26.8 Å². The molecule has 1 aromatic carbocycles. The standard InChI is InChI=1S/C14H19NO3/c1-17-13-6-4-12(5-7-13)14(16)18-10-11-3-2-8-15-9-11/h4-7,11,15H,2-3,8-10H2,1H3/t11-/m1/s1. The van der Waals surface area contributed by atoms with Crippen LogP contribution in [0.4, 0.5) is 0 Å². The number of methoxy groups -OCH3 is 1. The van der Waals surface area contributed by atoms with Gasteiger partial charge in [0.05, 0.1) is 19.3 Å². The van der Waals surface area contributed by atoms with Crippen LogP contribution in [0.2, 0.25) is 0 Å². The van der Waals surface area contributed by atoms with Crippen LogP contribution < -0.4 is 10.1 Å². The van der Waals surface area contributed by atoms with Gasteiger partial charge >= 0.3 is 5.97 Å². The van der Waals surface area contributed by atoms with Gasteiger partial charge in [-0.3, -0.25) is 0 Å². The molecule has 1 saturated heterocycles. The van der Waals surface area contributed by atoms with Gasteiger partial charge < -0.3 is 14.8 Å². The number of hydrogen-bond donors (Lipinski definition) is 1. The molecule has 0 unspecified atom stereocenters. The van der Waals surface area contributed by atoms with Gasteiger partial charge in [-0.15, -0.1) is 0 Å². The fraction of sp³-hybridized carbons (Fsp3) is 0.500. The highest BCUT2D eigenvalue weighted by atomic mass is 16.5. The topological polar surface area (TPSA) is 47.6 Å². The van der Waals surface area contributed by atoms with E-state index in [-0.39, 0.29) is 5.97 Å². The summed E-state index contributed by atoms with van der Waals surface area (Å²) in [6.45, 7) is 2.51. The zero-order valence-corrected chi connectivity index (χ0v) is 10.6. The van der Waals surface area contributed by atoms with E-state index >= 15 is 0 Å². The zero-order chi connectivity index (χ0) is 12.8. The predicted octanol–water partition coefficient (Wildman–Crippen LogP) is 1.85. The van der Waals surface area contributed by atoms with Gasteiger partial charge in [0.25, 0.3) is 0 Å². The monoisotopic (exact) mass is 249 g/mol. The SMILES string of the molecule is COc1ccc(C(=O)OC[C@@H]2CCCNC2)cc1. The van der Waals surface area contributed by atoms with Gasteiger partial charge in [-0.25, -0.2) is 4.79 Å². The normalized spacial score (nSPS) is 19.3. The third-order valence-electron chi connectivity index (χ3n) is 3.17. The number of nitrogens with one attached hydrogen (secondary N) is 1. The third kappa shape index (κ3) is 3.47. The number of piperidine rings is 1. The second kappa shape index (κ2) is 6.40. The zero-order valence-electron chi connectivity index (χ0n) is 10.6. The first-order chi connectivity index (χ1) is 8.79. The van der Waals surface area contributed by atoms with Crippen molar-refractivity contribution < 1.29 is 14.3 Å². The summed E-state index contributed by atoms with van der Waals surface area (Å²) in [5.74, 6) is 0.923. The van der Waals surface area contributed by atoms with E-state index in [1.165, 1.54) is 0 Å². The second-order valence-corrected chi connectivity index (χ2v) is 4.54. The van der Waals surface area contributed by atoms with Crippen molar-refractivity contribution in [3.8, 4) is 5.75 Å². The minimum Gasteiger partial charge on any atom is -0.497 e. The van der Waals surface area contributed by atoms with Crippen molar-refractivity contribution in [2.24, 2.45) is 5.92 Å². The van der Waals surface area contributed by atoms with Gasteiger partial charge in [0.2, 0.25) is 0 Å². The van der Waals surface area contributed by atoms with Crippen LogP contribution >= 0.6 is 0 Å². The molecule has 0 aliphatic carbocycles. The molecule has 0 radical (unpaired) electrons. The largest absolute Gasteiger partial charge is 0.497 e. The highest BCUT2D eigenvalue weighted by Gasteiger charge is 2.15. The Morgan fingerprint density at radius 1 is 1.39 bits per heavy atom. The summed E-state index contributed by atoms with van der Waals surface area (Å²) in [6.07, 6.45) is 2.29. The quantitative estimate of drug-likeness (QED) is 0.827. The summed E-state index contributed by atoms with van der Waals surface area (Å²) in [4.78, 5) is 11.8. The Labute approximate surface area is 107 Å². The molecule has 0 saturated carbocycles. The number of benzene rings is 1. The molecule has 4 heteroatoms. The smallest absolute Gasteiger partial charge is 0.338 e. The Morgan fingerprint density at radius 2 is 2.17 bits per heavy atom. The van der Waals surface area contributed by atoms with Crippen molar-refractivity contribution >= 4 is 5.97 Å². The van der Waals surface area contributed by atoms with Gasteiger partial charge in [-0.05, 0) is 43.7 Å². The molecule has 1 aliphatic rings. The van der Waals surface area contributed by atoms with Crippen molar-refractivity contribution in [1.82, 2.24) is 5.32 Å². The van der Waals surface area contributed by atoms with Crippen LogP contribution in [0.25, 0.3) is 0 Å². The average Bonchev–Trinajstić information content (AvgIpc) is 2.46. The first-order valence-corrected chi connectivity index (χ1v) is 6.31. The number of carbonyl (C=O) groups excluding carboxylic acids is 1. The second-order valence-electron chi connectivity index (χ2n) is 4.54. The Morgan fingerprint density at radius 3 is 2.78 bits per heavy atom. The van der Waals surface area contributed by atoms with Crippen LogP contribution in [0.3, 0.4) is 0 Å². The minimum absolute atomic E-state index is 0.261. The van der Waals surface area contributed by atoms with Gasteiger partial charge in [0, 0.05) is 12.5 Å². The molecule has 0 amide bonds. The molecule has 1 fully saturated rings. The molecule has 4 nitrogen and oxygen atoms in total. The third-order valence-corrected chi connectivity index (χ3v) is 3.17. The Kier molecular flexibility index (Phi) is 4.59. The maximum absolute atomic E-state index is 11.8. The fourth-order valence-corrected chi connectivity index (χ4v) is 2.07. The molecule has 1 aromatic rings. The lowest BCUT2D eigenvalue weighted by Gasteiger charge is -2.22. The molecule has 0 spiro atoms. The highest BCUT2D eigenvalue weighted by Crippen LogP contribution is 2.14. The Balaban J connectivity index is 1.82. The van der Waals surface area contributed by atoms with E-state index in [0.29, 0.717) is 18.1 Å². The number of rotatable bonds is 4. The lowest BCUT2D eigenvalue weighted by atomic mass is 10.0. The van der Waals surface area contributed by atoms with Gasteiger partial charge in [-0.2, -0.15) is 0 Å². The molecule has 1 N–H and O–H groups in total. The maximum Gasteiger partial charge on any atom is 0.338 e. The molecule has 18 heavy (non-hydrogen) atoms. The van der Waals surface area contributed by atoms with Crippen LogP contribution in [-0.4, -0.2) is 32.8 Å². The molecule has 0 bridgehead atoms. The summed E-state index contributed by atoms with van der Waals surface area (Å²) < 4.78 is 10.4. The Bertz CT molecular complexity index is 383. The van der Waals surface area contributed by atoms with E-state index < -0.39 is 0 Å². The summed E-state index contributed by atoms with van der Waals surface area (Å²) in [5.41, 5.74) is 0.569. The number of esters is 1. The summed E-state index contributed by atoms with van der Waals surface area (Å²) in [5, 5.41) is 3.31. The number of hydrogen-bond acceptors (Lipinski definition) is 4. The number of ether oxygens (including phenoxy) is 2. The molecular formula is C14H19NO3. The molecule has 1 atom stereocenters. The van der Waals surface area contributed by atoms with E-state index in [2.05, 4.69) is 5.32 Å². The average molecular weight is 249 g/mol. The van der Waals surface area contributed by atoms with E-state index in [1.807, 2.05) is 0 Å². The molecule has 1 heterocycles. The maximum atomic E-state index is 11.8. The lowest BCUT2D eigenvalue weighted by molar-refractivity contribution is 0.0421. The van der Waals surface area contributed by atoms with Gasteiger partial charge in [0.15, 0.2) is 0 Å². The molecule has 2 rings (SSSR count). The minimum atomic E-state index is -0.261. The van der Waals surface area contributed by atoms with E-state index in [1.54, 1.807) is 31.4 Å². The first kappa shape index (κ1) is 12.9. The summed E-state index contributed by atoms with van der Waals surface area (Å²) in [6, 6.07) is 6.97.